The molecule has 0 spiro atoms. The number of ether oxygens (including phenoxy) is 1. The van der Waals surface area contributed by atoms with Crippen LogP contribution in [0.15, 0.2) is 53.5 Å². The van der Waals surface area contributed by atoms with Crippen LogP contribution in [-0.2, 0) is 17.8 Å². The monoisotopic (exact) mass is 486 g/mol. The van der Waals surface area contributed by atoms with Gasteiger partial charge in [0, 0.05) is 20.1 Å². The van der Waals surface area contributed by atoms with Gasteiger partial charge in [-0.3, -0.25) is 9.79 Å². The number of nitrogens with one attached hydrogen (secondary N) is 2. The van der Waals surface area contributed by atoms with E-state index in [0.29, 0.717) is 31.2 Å². The van der Waals surface area contributed by atoms with Crippen molar-refractivity contribution >= 4 is 35.8 Å². The Morgan fingerprint density at radius 2 is 1.89 bits per heavy atom. The van der Waals surface area contributed by atoms with Gasteiger partial charge in [-0.1, -0.05) is 24.3 Å². The normalized spacial score (nSPS) is 10.7. The highest BCUT2D eigenvalue weighted by atomic mass is 127. The second-order valence-electron chi connectivity index (χ2n) is 5.63. The summed E-state index contributed by atoms with van der Waals surface area (Å²) in [5.41, 5.74) is 6.97. The Morgan fingerprint density at radius 1 is 1.15 bits per heavy atom. The van der Waals surface area contributed by atoms with Crippen LogP contribution in [0.1, 0.15) is 11.1 Å². The largest absolute Gasteiger partial charge is 0.484 e. The molecule has 2 aromatic rings. The van der Waals surface area contributed by atoms with E-state index in [-0.39, 0.29) is 36.4 Å². The molecule has 0 bridgehead atoms. The molecule has 0 saturated carbocycles. The topological polar surface area (TPSA) is 88.7 Å². The van der Waals surface area contributed by atoms with E-state index >= 15 is 0 Å². The fourth-order valence-corrected chi connectivity index (χ4v) is 2.32. The van der Waals surface area contributed by atoms with Crippen molar-refractivity contribution in [2.45, 2.75) is 13.0 Å². The Balaban J connectivity index is 0.00000364. The lowest BCUT2D eigenvalue weighted by Gasteiger charge is -2.13. The molecule has 0 radical (unpaired) electrons. The smallest absolute Gasteiger partial charge is 0.255 e. The first-order valence-corrected chi connectivity index (χ1v) is 8.26. The summed E-state index contributed by atoms with van der Waals surface area (Å²) < 4.78 is 18.5. The second kappa shape index (κ2) is 12.1. The van der Waals surface area contributed by atoms with Gasteiger partial charge in [-0.2, -0.15) is 0 Å². The van der Waals surface area contributed by atoms with Crippen LogP contribution in [0.25, 0.3) is 0 Å². The van der Waals surface area contributed by atoms with E-state index < -0.39 is 5.91 Å². The molecule has 0 atom stereocenters. The standard InChI is InChI=1S/C19H23FN4O2.HI/c1-22-19(23-9-8-14-4-2-6-16(20)10-14)24-12-15-5-3-7-17(11-15)26-13-18(21)25;/h2-7,10-11H,8-9,12-13H2,1H3,(H2,21,25)(H2,22,23,24);1H. The molecule has 0 aliphatic rings. The zero-order valence-corrected chi connectivity index (χ0v) is 17.4. The Labute approximate surface area is 175 Å². The number of aliphatic imine (C=N–C) groups is 1. The number of nitrogens with two attached hydrogens (primary N) is 1. The number of rotatable bonds is 8. The van der Waals surface area contributed by atoms with Gasteiger partial charge in [0.25, 0.3) is 5.91 Å². The number of guanidine groups is 1. The lowest BCUT2D eigenvalue weighted by atomic mass is 10.1. The van der Waals surface area contributed by atoms with E-state index in [0.717, 1.165) is 11.1 Å². The van der Waals surface area contributed by atoms with Crippen LogP contribution in [0.5, 0.6) is 5.75 Å². The molecule has 0 fully saturated rings. The first-order valence-electron chi connectivity index (χ1n) is 8.26. The maximum Gasteiger partial charge on any atom is 0.255 e. The number of primary amides is 1. The number of benzene rings is 2. The van der Waals surface area contributed by atoms with Gasteiger partial charge in [0.2, 0.25) is 0 Å². The molecule has 0 saturated heterocycles. The SMILES string of the molecule is CN=C(NCCc1cccc(F)c1)NCc1cccc(OCC(N)=O)c1.I. The summed E-state index contributed by atoms with van der Waals surface area (Å²) in [6.45, 7) is 1.01. The molecule has 0 aliphatic heterocycles. The van der Waals surface area contributed by atoms with Gasteiger partial charge in [0.1, 0.15) is 11.6 Å². The summed E-state index contributed by atoms with van der Waals surface area (Å²) in [6.07, 6.45) is 0.689. The van der Waals surface area contributed by atoms with Crippen LogP contribution in [0.2, 0.25) is 0 Å². The minimum absolute atomic E-state index is 0. The van der Waals surface area contributed by atoms with Crippen molar-refractivity contribution in [2.75, 3.05) is 20.2 Å². The van der Waals surface area contributed by atoms with Gasteiger partial charge in [-0.05, 0) is 41.8 Å². The summed E-state index contributed by atoms with van der Waals surface area (Å²) in [6, 6.07) is 13.9. The third-order valence-corrected chi connectivity index (χ3v) is 3.56. The van der Waals surface area contributed by atoms with E-state index in [1.807, 2.05) is 24.3 Å². The number of nitrogens with zero attached hydrogens (tertiary/aromatic N) is 1. The van der Waals surface area contributed by atoms with Crippen LogP contribution < -0.4 is 21.1 Å². The fourth-order valence-electron chi connectivity index (χ4n) is 2.32. The molecule has 6 nitrogen and oxygen atoms in total. The van der Waals surface area contributed by atoms with Crippen molar-refractivity contribution in [2.24, 2.45) is 10.7 Å². The van der Waals surface area contributed by atoms with E-state index in [9.17, 15) is 9.18 Å². The Hall–Kier alpha value is -2.36. The van der Waals surface area contributed by atoms with Crippen molar-refractivity contribution in [3.05, 3.63) is 65.5 Å². The first-order chi connectivity index (χ1) is 12.6. The number of carbonyl (C=O) groups is 1. The van der Waals surface area contributed by atoms with Gasteiger partial charge in [0.05, 0.1) is 0 Å². The summed E-state index contributed by atoms with van der Waals surface area (Å²) in [5, 5.41) is 6.38. The quantitative estimate of drug-likeness (QED) is 0.304. The highest BCUT2D eigenvalue weighted by Gasteiger charge is 2.02. The Bertz CT molecular complexity index is 771. The van der Waals surface area contributed by atoms with Gasteiger partial charge in [-0.15, -0.1) is 24.0 Å². The maximum atomic E-state index is 13.2. The average molecular weight is 486 g/mol. The van der Waals surface area contributed by atoms with Crippen LogP contribution in [0, 0.1) is 5.82 Å². The molecule has 2 aromatic carbocycles. The minimum Gasteiger partial charge on any atom is -0.484 e. The lowest BCUT2D eigenvalue weighted by Crippen LogP contribution is -2.37. The average Bonchev–Trinajstić information content (AvgIpc) is 2.63. The molecule has 1 amide bonds. The van der Waals surface area contributed by atoms with Crippen LogP contribution in [0.4, 0.5) is 4.39 Å². The van der Waals surface area contributed by atoms with Crippen LogP contribution in [-0.4, -0.2) is 32.1 Å². The van der Waals surface area contributed by atoms with Gasteiger partial charge >= 0.3 is 0 Å². The number of carbonyl (C=O) groups excluding carboxylic acids is 1. The maximum absolute atomic E-state index is 13.2. The molecular formula is C19H24FIN4O2. The summed E-state index contributed by atoms with van der Waals surface area (Å²) in [4.78, 5) is 14.9. The molecule has 0 heterocycles. The van der Waals surface area contributed by atoms with Gasteiger partial charge in [-0.25, -0.2) is 4.39 Å². The molecule has 2 rings (SSSR count). The number of halogens is 2. The molecule has 0 aliphatic carbocycles. The second-order valence-corrected chi connectivity index (χ2v) is 5.63. The number of amides is 1. The van der Waals surface area contributed by atoms with Crippen molar-refractivity contribution in [3.63, 3.8) is 0 Å². The van der Waals surface area contributed by atoms with Crippen molar-refractivity contribution in [3.8, 4) is 5.75 Å². The predicted molar refractivity (Wildman–Crippen MR) is 115 cm³/mol. The Morgan fingerprint density at radius 3 is 2.59 bits per heavy atom. The molecule has 4 N–H and O–H groups in total. The number of hydrogen-bond acceptors (Lipinski definition) is 3. The van der Waals surface area contributed by atoms with Crippen molar-refractivity contribution < 1.29 is 13.9 Å². The molecule has 27 heavy (non-hydrogen) atoms. The molecule has 8 heteroatoms. The minimum atomic E-state index is -0.517. The van der Waals surface area contributed by atoms with E-state index in [1.54, 1.807) is 19.2 Å². The van der Waals surface area contributed by atoms with Gasteiger partial charge < -0.3 is 21.1 Å². The van der Waals surface area contributed by atoms with Gasteiger partial charge in [0.15, 0.2) is 12.6 Å². The van der Waals surface area contributed by atoms with Crippen molar-refractivity contribution in [1.29, 1.82) is 0 Å². The molecule has 146 valence electrons. The fraction of sp³-hybridized carbons (Fsp3) is 0.263. The van der Waals surface area contributed by atoms with E-state index in [2.05, 4.69) is 15.6 Å². The molecule has 0 unspecified atom stereocenters. The third-order valence-electron chi connectivity index (χ3n) is 3.56. The summed E-state index contributed by atoms with van der Waals surface area (Å²) in [5.74, 6) is 0.474. The van der Waals surface area contributed by atoms with E-state index in [4.69, 9.17) is 10.5 Å². The highest BCUT2D eigenvalue weighted by molar-refractivity contribution is 14.0. The third kappa shape index (κ3) is 8.72. The zero-order valence-electron chi connectivity index (χ0n) is 15.1. The van der Waals surface area contributed by atoms with Crippen molar-refractivity contribution in [1.82, 2.24) is 10.6 Å². The zero-order chi connectivity index (χ0) is 18.8. The summed E-state index contributed by atoms with van der Waals surface area (Å²) >= 11 is 0. The summed E-state index contributed by atoms with van der Waals surface area (Å²) in [7, 11) is 1.68. The number of hydrogen-bond donors (Lipinski definition) is 3. The predicted octanol–water partition coefficient (Wildman–Crippen LogP) is 2.22. The molecule has 0 aromatic heterocycles. The van der Waals surface area contributed by atoms with Crippen LogP contribution >= 0.6 is 24.0 Å². The molecular weight excluding hydrogens is 462 g/mol. The van der Waals surface area contributed by atoms with E-state index in [1.165, 1.54) is 12.1 Å². The highest BCUT2D eigenvalue weighted by Crippen LogP contribution is 2.13. The Kier molecular flexibility index (Phi) is 10.2. The lowest BCUT2D eigenvalue weighted by molar-refractivity contribution is -0.119. The first kappa shape index (κ1) is 22.7. The van der Waals surface area contributed by atoms with Crippen LogP contribution in [0.3, 0.4) is 0 Å².